The molecule has 0 spiro atoms. The minimum atomic E-state index is -6.53. The molecule has 0 fully saturated rings. The molecular formula is C22H19ClF8N4O2. The van der Waals surface area contributed by atoms with Crippen LogP contribution in [0.5, 0.6) is 0 Å². The van der Waals surface area contributed by atoms with E-state index in [0.29, 0.717) is 7.05 Å². The van der Waals surface area contributed by atoms with Crippen LogP contribution in [0, 0.1) is 5.41 Å². The predicted molar refractivity (Wildman–Crippen MR) is 120 cm³/mol. The lowest BCUT2D eigenvalue weighted by Crippen LogP contribution is -2.48. The van der Waals surface area contributed by atoms with Gasteiger partial charge in [-0.25, -0.2) is 0 Å². The van der Waals surface area contributed by atoms with Gasteiger partial charge in [-0.15, -0.1) is 0 Å². The van der Waals surface area contributed by atoms with Gasteiger partial charge >= 0.3 is 18.3 Å². The van der Waals surface area contributed by atoms with Crippen LogP contribution in [0.25, 0.3) is 0 Å². The van der Waals surface area contributed by atoms with Crippen molar-refractivity contribution in [3.63, 3.8) is 0 Å². The van der Waals surface area contributed by atoms with Gasteiger partial charge in [-0.05, 0) is 36.6 Å². The first-order chi connectivity index (χ1) is 17.0. The Morgan fingerprint density at radius 1 is 1.05 bits per heavy atom. The lowest BCUT2D eigenvalue weighted by Gasteiger charge is -2.25. The van der Waals surface area contributed by atoms with Crippen molar-refractivity contribution in [1.82, 2.24) is 10.6 Å². The number of carbonyl (C=O) groups excluding carboxylic acids is 2. The molecule has 2 rings (SSSR count). The number of allylic oxidation sites excluding steroid dienone is 3. The molecule has 1 aliphatic rings. The first kappa shape index (κ1) is 29.8. The summed E-state index contributed by atoms with van der Waals surface area (Å²) < 4.78 is 105. The van der Waals surface area contributed by atoms with E-state index in [4.69, 9.17) is 17.0 Å². The number of amides is 2. The first-order valence-electron chi connectivity index (χ1n) is 10.3. The third-order valence-corrected chi connectivity index (χ3v) is 5.25. The third kappa shape index (κ3) is 7.08. The minimum absolute atomic E-state index is 0.101. The second-order valence-corrected chi connectivity index (χ2v) is 7.94. The van der Waals surface area contributed by atoms with Crippen molar-refractivity contribution in [1.29, 1.82) is 5.41 Å². The van der Waals surface area contributed by atoms with Crippen molar-refractivity contribution in [3.05, 3.63) is 63.9 Å². The largest absolute Gasteiger partial charge is 0.459 e. The summed E-state index contributed by atoms with van der Waals surface area (Å²) in [6, 6.07) is 3.13. The molecule has 0 saturated carbocycles. The predicted octanol–water partition coefficient (Wildman–Crippen LogP) is 5.54. The van der Waals surface area contributed by atoms with Crippen LogP contribution in [0.1, 0.15) is 23.2 Å². The zero-order chi connectivity index (χ0) is 28.2. The molecule has 0 radical (unpaired) electrons. The SMILES string of the molecule is CN/C(C(=O)Nc1ccc(Cl)c(C(=O)NCC2=CCCC=C2)c1)=C(\C(=N)C(F)(F)C(F)(F)F)C(F)(F)F. The number of anilines is 1. The van der Waals surface area contributed by atoms with E-state index in [9.17, 15) is 44.7 Å². The third-order valence-electron chi connectivity index (χ3n) is 4.92. The molecule has 0 unspecified atom stereocenters. The highest BCUT2D eigenvalue weighted by atomic mass is 35.5. The summed E-state index contributed by atoms with van der Waals surface area (Å²) >= 11 is 5.99. The van der Waals surface area contributed by atoms with E-state index in [0.717, 1.165) is 36.6 Å². The number of benzene rings is 1. The molecule has 0 aromatic heterocycles. The summed E-state index contributed by atoms with van der Waals surface area (Å²) in [4.78, 5) is 25.0. The summed E-state index contributed by atoms with van der Waals surface area (Å²) in [7, 11) is 0.662. The van der Waals surface area contributed by atoms with E-state index in [2.05, 4.69) is 5.32 Å². The fraction of sp³-hybridized carbons (Fsp3) is 0.318. The zero-order valence-corrected chi connectivity index (χ0v) is 19.6. The van der Waals surface area contributed by atoms with E-state index >= 15 is 0 Å². The summed E-state index contributed by atoms with van der Waals surface area (Å²) in [6.45, 7) is 0.124. The number of nitrogens with one attached hydrogen (secondary N) is 4. The maximum absolute atomic E-state index is 13.6. The van der Waals surface area contributed by atoms with E-state index in [-0.39, 0.29) is 22.8 Å². The Hall–Kier alpha value is -3.42. The van der Waals surface area contributed by atoms with Crippen LogP contribution in [0.2, 0.25) is 5.02 Å². The molecule has 0 heterocycles. The Morgan fingerprint density at radius 2 is 1.70 bits per heavy atom. The highest BCUT2D eigenvalue weighted by molar-refractivity contribution is 6.34. The van der Waals surface area contributed by atoms with Gasteiger partial charge in [0.1, 0.15) is 17.0 Å². The summed E-state index contributed by atoms with van der Waals surface area (Å²) in [5.74, 6) is -8.73. The number of hydrogen-bond acceptors (Lipinski definition) is 4. The van der Waals surface area contributed by atoms with Gasteiger partial charge in [0.05, 0.1) is 10.6 Å². The maximum Gasteiger partial charge on any atom is 0.459 e. The number of carbonyl (C=O) groups is 2. The number of alkyl halides is 8. The van der Waals surface area contributed by atoms with Crippen LogP contribution >= 0.6 is 11.6 Å². The first-order valence-corrected chi connectivity index (χ1v) is 10.7. The Labute approximate surface area is 209 Å². The number of rotatable bonds is 8. The van der Waals surface area contributed by atoms with Crippen LogP contribution < -0.4 is 16.0 Å². The van der Waals surface area contributed by atoms with E-state index in [1.165, 1.54) is 0 Å². The van der Waals surface area contributed by atoms with Crippen molar-refractivity contribution >= 4 is 34.8 Å². The van der Waals surface area contributed by atoms with Crippen molar-refractivity contribution in [2.75, 3.05) is 18.9 Å². The molecule has 1 aromatic rings. The second kappa shape index (κ2) is 11.3. The average molecular weight is 559 g/mol. The van der Waals surface area contributed by atoms with Crippen molar-refractivity contribution in [2.45, 2.75) is 31.1 Å². The number of hydrogen-bond donors (Lipinski definition) is 4. The Balaban J connectivity index is 2.37. The number of halogens is 9. The fourth-order valence-corrected chi connectivity index (χ4v) is 3.31. The van der Waals surface area contributed by atoms with Gasteiger partial charge < -0.3 is 16.0 Å². The van der Waals surface area contributed by atoms with Crippen LogP contribution in [0.15, 0.2) is 53.3 Å². The molecule has 0 aliphatic heterocycles. The van der Waals surface area contributed by atoms with Gasteiger partial charge in [0, 0.05) is 19.3 Å². The standard InChI is InChI=1S/C22H19ClF8N4O2/c1-33-16(15(21(26,27)28)17(32)20(24,25)22(29,30)31)19(37)35-12-7-8-14(23)13(9-12)18(36)34-10-11-5-3-2-4-6-11/h3,5-9,32-33H,2,4,10H2,1H3,(H,34,36)(H,35,37)/b16-15+,32-17?. The summed E-state index contributed by atoms with van der Waals surface area (Å²) in [5, 5.41) is 12.9. The van der Waals surface area contributed by atoms with Gasteiger partial charge in [-0.1, -0.05) is 29.8 Å². The lowest BCUT2D eigenvalue weighted by molar-refractivity contribution is -0.250. The summed E-state index contributed by atoms with van der Waals surface area (Å²) in [5.41, 5.74) is -7.51. The molecule has 1 aromatic carbocycles. The van der Waals surface area contributed by atoms with Crippen molar-refractivity contribution < 1.29 is 44.7 Å². The molecule has 0 atom stereocenters. The normalized spacial score (nSPS) is 14.9. The molecule has 37 heavy (non-hydrogen) atoms. The van der Waals surface area contributed by atoms with E-state index in [1.807, 2.05) is 17.5 Å². The lowest BCUT2D eigenvalue weighted by atomic mass is 10.0. The highest BCUT2D eigenvalue weighted by Gasteiger charge is 2.64. The van der Waals surface area contributed by atoms with Crippen molar-refractivity contribution in [2.24, 2.45) is 0 Å². The van der Waals surface area contributed by atoms with Crippen LogP contribution in [-0.4, -0.2) is 49.4 Å². The van der Waals surface area contributed by atoms with Gasteiger partial charge in [-0.2, -0.15) is 35.1 Å². The van der Waals surface area contributed by atoms with E-state index < -0.39 is 47.1 Å². The highest BCUT2D eigenvalue weighted by Crippen LogP contribution is 2.42. The van der Waals surface area contributed by atoms with Gasteiger partial charge in [-0.3, -0.25) is 15.0 Å². The van der Waals surface area contributed by atoms with Crippen LogP contribution in [0.3, 0.4) is 0 Å². The molecule has 15 heteroatoms. The minimum Gasteiger partial charge on any atom is -0.383 e. The van der Waals surface area contributed by atoms with Gasteiger partial charge in [0.2, 0.25) is 0 Å². The molecule has 0 saturated heterocycles. The monoisotopic (exact) mass is 558 g/mol. The van der Waals surface area contributed by atoms with Gasteiger partial charge in [0.15, 0.2) is 0 Å². The molecule has 0 bridgehead atoms. The molecule has 1 aliphatic carbocycles. The molecule has 202 valence electrons. The van der Waals surface area contributed by atoms with Crippen molar-refractivity contribution in [3.8, 4) is 0 Å². The Bertz CT molecular complexity index is 1170. The fourth-order valence-electron chi connectivity index (χ4n) is 3.11. The Kier molecular flexibility index (Phi) is 9.12. The van der Waals surface area contributed by atoms with Crippen LogP contribution in [-0.2, 0) is 4.79 Å². The quantitative estimate of drug-likeness (QED) is 0.192. The molecule has 2 amide bonds. The number of likely N-dealkylation sites (N-methyl/N-ethyl adjacent to an activating group) is 1. The molecule has 6 nitrogen and oxygen atoms in total. The maximum atomic E-state index is 13.6. The molecule has 4 N–H and O–H groups in total. The van der Waals surface area contributed by atoms with Gasteiger partial charge in [0.25, 0.3) is 11.8 Å². The average Bonchev–Trinajstić information content (AvgIpc) is 2.80. The topological polar surface area (TPSA) is 94.1 Å². The second-order valence-electron chi connectivity index (χ2n) is 7.54. The smallest absolute Gasteiger partial charge is 0.383 e. The van der Waals surface area contributed by atoms with Crippen LogP contribution in [0.4, 0.5) is 40.8 Å². The molecular weight excluding hydrogens is 540 g/mol. The zero-order valence-electron chi connectivity index (χ0n) is 18.8. The van der Waals surface area contributed by atoms with E-state index in [1.54, 1.807) is 11.4 Å². The summed E-state index contributed by atoms with van der Waals surface area (Å²) in [6.07, 6.45) is -5.27. The Morgan fingerprint density at radius 3 is 2.22 bits per heavy atom.